The number of hydrogen-bond acceptors (Lipinski definition) is 5. The van der Waals surface area contributed by atoms with E-state index in [1.165, 1.54) is 0 Å². The zero-order chi connectivity index (χ0) is 20.4. The van der Waals surface area contributed by atoms with Gasteiger partial charge in [0.15, 0.2) is 5.96 Å². The summed E-state index contributed by atoms with van der Waals surface area (Å²) in [6.45, 7) is 11.2. The second kappa shape index (κ2) is 14.4. The number of nitrogens with one attached hydrogen (secondary N) is 1. The van der Waals surface area contributed by atoms with Crippen molar-refractivity contribution in [2.75, 3.05) is 86.7 Å². The molecule has 0 aromatic rings. The van der Waals surface area contributed by atoms with E-state index in [0.717, 1.165) is 90.7 Å². The molecule has 2 saturated heterocycles. The number of piperazine rings is 1. The lowest BCUT2D eigenvalue weighted by atomic mass is 10.2. The zero-order valence-electron chi connectivity index (χ0n) is 18.7. The predicted octanol–water partition coefficient (Wildman–Crippen LogP) is 0.777. The molecule has 0 bridgehead atoms. The van der Waals surface area contributed by atoms with E-state index in [4.69, 9.17) is 4.74 Å². The van der Waals surface area contributed by atoms with E-state index in [1.807, 2.05) is 11.9 Å². The topological polar surface area (TPSA) is 63.7 Å². The molecule has 1 amide bonds. The van der Waals surface area contributed by atoms with Gasteiger partial charge in [0.1, 0.15) is 0 Å². The third kappa shape index (κ3) is 8.55. The van der Waals surface area contributed by atoms with Crippen LogP contribution in [0.3, 0.4) is 0 Å². The Morgan fingerprint density at radius 1 is 1.10 bits per heavy atom. The highest BCUT2D eigenvalue weighted by Crippen LogP contribution is 2.14. The van der Waals surface area contributed by atoms with Crippen LogP contribution >= 0.6 is 24.0 Å². The van der Waals surface area contributed by atoms with Gasteiger partial charge >= 0.3 is 0 Å². The van der Waals surface area contributed by atoms with Gasteiger partial charge in [0.05, 0.1) is 12.6 Å². The number of rotatable bonds is 9. The molecule has 0 aromatic heterocycles. The van der Waals surface area contributed by atoms with Crippen molar-refractivity contribution in [3.05, 3.63) is 0 Å². The second-order valence-corrected chi connectivity index (χ2v) is 7.86. The average Bonchev–Trinajstić information content (AvgIpc) is 3.26. The Morgan fingerprint density at radius 2 is 1.76 bits per heavy atom. The van der Waals surface area contributed by atoms with Crippen molar-refractivity contribution in [2.24, 2.45) is 4.99 Å². The zero-order valence-corrected chi connectivity index (χ0v) is 21.1. The van der Waals surface area contributed by atoms with Crippen LogP contribution in [0.1, 0.15) is 26.2 Å². The quantitative estimate of drug-likeness (QED) is 0.208. The molecule has 8 nitrogen and oxygen atoms in total. The molecule has 0 aliphatic carbocycles. The predicted molar refractivity (Wildman–Crippen MR) is 129 cm³/mol. The number of hydrogen-bond donors (Lipinski definition) is 1. The van der Waals surface area contributed by atoms with Crippen molar-refractivity contribution < 1.29 is 9.53 Å². The van der Waals surface area contributed by atoms with Gasteiger partial charge in [0.2, 0.25) is 5.91 Å². The number of methoxy groups -OCH3 is 1. The normalized spacial score (nSPS) is 19.4. The van der Waals surface area contributed by atoms with E-state index >= 15 is 0 Å². The Labute approximate surface area is 194 Å². The molecule has 0 aromatic carbocycles. The van der Waals surface area contributed by atoms with Gasteiger partial charge < -0.3 is 24.8 Å². The fourth-order valence-electron chi connectivity index (χ4n) is 3.92. The number of carbonyl (C=O) groups excluding carboxylic acids is 1. The van der Waals surface area contributed by atoms with E-state index in [1.54, 1.807) is 7.11 Å². The van der Waals surface area contributed by atoms with Crippen LogP contribution < -0.4 is 5.32 Å². The van der Waals surface area contributed by atoms with Crippen molar-refractivity contribution in [3.8, 4) is 0 Å². The first-order chi connectivity index (χ1) is 13.6. The Hall–Kier alpha value is -0.650. The van der Waals surface area contributed by atoms with Gasteiger partial charge in [-0.05, 0) is 39.8 Å². The summed E-state index contributed by atoms with van der Waals surface area (Å²) in [5.74, 6) is 1.27. The van der Waals surface area contributed by atoms with Crippen molar-refractivity contribution in [1.82, 2.24) is 24.9 Å². The van der Waals surface area contributed by atoms with E-state index in [0.29, 0.717) is 5.91 Å². The maximum atomic E-state index is 12.6. The number of aliphatic imine (C=N–C) groups is 1. The molecule has 0 radical (unpaired) electrons. The monoisotopic (exact) mass is 524 g/mol. The van der Waals surface area contributed by atoms with Crippen molar-refractivity contribution in [1.29, 1.82) is 0 Å². The standard InChI is InChI=1S/C20H40N6O2.HI/c1-18(19(27)25-10-5-6-11-25)24-12-14-26(15-13-24)20(21-2)22-8-7-9-23(3)16-17-28-4;/h18H,5-17H2,1-4H3,(H,21,22);1H. The van der Waals surface area contributed by atoms with Crippen LogP contribution in [0.2, 0.25) is 0 Å². The van der Waals surface area contributed by atoms with Crippen LogP contribution in [-0.4, -0.2) is 124 Å². The van der Waals surface area contributed by atoms with Crippen LogP contribution in [-0.2, 0) is 9.53 Å². The third-order valence-electron chi connectivity index (χ3n) is 5.83. The minimum atomic E-state index is -0.0159. The number of guanidine groups is 1. The fourth-order valence-corrected chi connectivity index (χ4v) is 3.92. The molecular formula is C20H41IN6O2. The molecule has 1 atom stereocenters. The molecule has 170 valence electrons. The lowest BCUT2D eigenvalue weighted by Gasteiger charge is -2.39. The maximum absolute atomic E-state index is 12.6. The first-order valence-corrected chi connectivity index (χ1v) is 10.7. The summed E-state index contributed by atoms with van der Waals surface area (Å²) in [5, 5.41) is 3.49. The molecule has 2 aliphatic heterocycles. The van der Waals surface area contributed by atoms with Crippen LogP contribution in [0.25, 0.3) is 0 Å². The number of carbonyl (C=O) groups is 1. The number of halogens is 1. The molecule has 2 heterocycles. The Kier molecular flexibility index (Phi) is 13.1. The van der Waals surface area contributed by atoms with Crippen LogP contribution in [0.4, 0.5) is 0 Å². The summed E-state index contributed by atoms with van der Waals surface area (Å²) in [5.41, 5.74) is 0. The smallest absolute Gasteiger partial charge is 0.239 e. The first-order valence-electron chi connectivity index (χ1n) is 10.7. The fraction of sp³-hybridized carbons (Fsp3) is 0.900. The molecule has 2 rings (SSSR count). The Balaban J connectivity index is 0.00000420. The van der Waals surface area contributed by atoms with E-state index in [2.05, 4.69) is 39.0 Å². The number of likely N-dealkylation sites (tertiary alicyclic amines) is 1. The molecule has 1 unspecified atom stereocenters. The number of ether oxygens (including phenoxy) is 1. The van der Waals surface area contributed by atoms with Gasteiger partial charge in [-0.2, -0.15) is 0 Å². The molecule has 0 spiro atoms. The minimum absolute atomic E-state index is 0. The molecular weight excluding hydrogens is 483 g/mol. The number of amides is 1. The van der Waals surface area contributed by atoms with Crippen molar-refractivity contribution in [3.63, 3.8) is 0 Å². The number of nitrogens with zero attached hydrogens (tertiary/aromatic N) is 5. The maximum Gasteiger partial charge on any atom is 0.239 e. The van der Waals surface area contributed by atoms with E-state index in [-0.39, 0.29) is 30.0 Å². The molecule has 2 aliphatic rings. The van der Waals surface area contributed by atoms with E-state index in [9.17, 15) is 4.79 Å². The highest BCUT2D eigenvalue weighted by molar-refractivity contribution is 14.0. The summed E-state index contributed by atoms with van der Waals surface area (Å²) >= 11 is 0. The molecule has 29 heavy (non-hydrogen) atoms. The van der Waals surface area contributed by atoms with Gasteiger partial charge in [-0.15, -0.1) is 24.0 Å². The highest BCUT2D eigenvalue weighted by Gasteiger charge is 2.30. The lowest BCUT2D eigenvalue weighted by molar-refractivity contribution is -0.135. The van der Waals surface area contributed by atoms with Crippen LogP contribution in [0.15, 0.2) is 4.99 Å². The third-order valence-corrected chi connectivity index (χ3v) is 5.83. The van der Waals surface area contributed by atoms with Gasteiger partial charge in [0.25, 0.3) is 0 Å². The first kappa shape index (κ1) is 26.4. The summed E-state index contributed by atoms with van der Waals surface area (Å²) in [6.07, 6.45) is 3.37. The highest BCUT2D eigenvalue weighted by atomic mass is 127. The Morgan fingerprint density at radius 3 is 2.34 bits per heavy atom. The lowest BCUT2D eigenvalue weighted by Crippen LogP contribution is -2.57. The Bertz CT molecular complexity index is 493. The van der Waals surface area contributed by atoms with Crippen molar-refractivity contribution in [2.45, 2.75) is 32.2 Å². The van der Waals surface area contributed by atoms with Gasteiger partial charge in [0, 0.05) is 66.5 Å². The molecule has 2 fully saturated rings. The van der Waals surface area contributed by atoms with E-state index < -0.39 is 0 Å². The summed E-state index contributed by atoms with van der Waals surface area (Å²) in [4.78, 5) is 26.0. The van der Waals surface area contributed by atoms with Crippen LogP contribution in [0, 0.1) is 0 Å². The minimum Gasteiger partial charge on any atom is -0.383 e. The second-order valence-electron chi connectivity index (χ2n) is 7.86. The molecule has 9 heteroatoms. The van der Waals surface area contributed by atoms with Gasteiger partial charge in [-0.3, -0.25) is 14.7 Å². The molecule has 0 saturated carbocycles. The van der Waals surface area contributed by atoms with Crippen LogP contribution in [0.5, 0.6) is 0 Å². The summed E-state index contributed by atoms with van der Waals surface area (Å²) in [6, 6.07) is -0.0159. The molecule has 1 N–H and O–H groups in total. The van der Waals surface area contributed by atoms with Gasteiger partial charge in [-0.1, -0.05) is 0 Å². The summed E-state index contributed by atoms with van der Waals surface area (Å²) < 4.78 is 5.11. The SMILES string of the molecule is CN=C(NCCCN(C)CCOC)N1CCN(C(C)C(=O)N2CCCC2)CC1.I. The average molecular weight is 524 g/mol. The van der Waals surface area contributed by atoms with Crippen molar-refractivity contribution >= 4 is 35.8 Å². The largest absolute Gasteiger partial charge is 0.383 e. The van der Waals surface area contributed by atoms with Gasteiger partial charge in [-0.25, -0.2) is 0 Å². The summed E-state index contributed by atoms with van der Waals surface area (Å²) in [7, 11) is 5.71. The number of likely N-dealkylation sites (N-methyl/N-ethyl adjacent to an activating group) is 1.